The molecule has 2 aliphatic heterocycles. The molecule has 2 aliphatic rings. The van der Waals surface area contributed by atoms with Crippen molar-refractivity contribution < 1.29 is 23.4 Å². The van der Waals surface area contributed by atoms with Gasteiger partial charge in [0.2, 0.25) is 5.43 Å². The molecule has 1 aromatic carbocycles. The summed E-state index contributed by atoms with van der Waals surface area (Å²) in [5.41, 5.74) is -0.476. The highest BCUT2D eigenvalue weighted by Crippen LogP contribution is 2.30. The SMILES string of the molecule is O=C1c2c(O)c(=O)c(-c3nnc(Cc4ccc(F)cc4F)s3)cn2CC2OCCCN12. The minimum absolute atomic E-state index is 0.0748. The molecule has 0 radical (unpaired) electrons. The van der Waals surface area contributed by atoms with Crippen molar-refractivity contribution in [2.75, 3.05) is 13.2 Å². The number of pyridine rings is 1. The van der Waals surface area contributed by atoms with E-state index in [2.05, 4.69) is 10.2 Å². The van der Waals surface area contributed by atoms with Crippen molar-refractivity contribution in [3.8, 4) is 16.3 Å². The summed E-state index contributed by atoms with van der Waals surface area (Å²) in [5, 5.41) is 19.1. The van der Waals surface area contributed by atoms with E-state index in [0.717, 1.165) is 23.5 Å². The predicted molar refractivity (Wildman–Crippen MR) is 106 cm³/mol. The van der Waals surface area contributed by atoms with Crippen molar-refractivity contribution >= 4 is 17.2 Å². The molecule has 0 bridgehead atoms. The monoisotopic (exact) mass is 446 g/mol. The molecule has 11 heteroatoms. The fourth-order valence-electron chi connectivity index (χ4n) is 3.81. The molecule has 1 fully saturated rings. The van der Waals surface area contributed by atoms with E-state index in [4.69, 9.17) is 4.74 Å². The van der Waals surface area contributed by atoms with E-state index in [9.17, 15) is 23.5 Å². The van der Waals surface area contributed by atoms with E-state index in [1.807, 2.05) is 0 Å². The van der Waals surface area contributed by atoms with E-state index >= 15 is 0 Å². The molecule has 1 atom stereocenters. The van der Waals surface area contributed by atoms with Gasteiger partial charge in [0.1, 0.15) is 16.6 Å². The van der Waals surface area contributed by atoms with Crippen LogP contribution in [0.1, 0.15) is 27.5 Å². The van der Waals surface area contributed by atoms with Crippen molar-refractivity contribution in [3.63, 3.8) is 0 Å². The van der Waals surface area contributed by atoms with Gasteiger partial charge < -0.3 is 19.3 Å². The number of amides is 1. The number of carbonyl (C=O) groups excluding carboxylic acids is 1. The van der Waals surface area contributed by atoms with Crippen LogP contribution in [0.3, 0.4) is 0 Å². The molecule has 0 aliphatic carbocycles. The molecule has 5 rings (SSSR count). The van der Waals surface area contributed by atoms with Crippen LogP contribution in [0.25, 0.3) is 10.6 Å². The number of carbonyl (C=O) groups is 1. The van der Waals surface area contributed by atoms with Crippen molar-refractivity contribution in [1.82, 2.24) is 19.7 Å². The summed E-state index contributed by atoms with van der Waals surface area (Å²) in [6.07, 6.45) is 1.77. The first kappa shape index (κ1) is 19.8. The summed E-state index contributed by atoms with van der Waals surface area (Å²) in [7, 11) is 0. The summed E-state index contributed by atoms with van der Waals surface area (Å²) < 4.78 is 34.2. The zero-order valence-corrected chi connectivity index (χ0v) is 16.9. The van der Waals surface area contributed by atoms with Crippen LogP contribution in [0.15, 0.2) is 29.2 Å². The number of benzene rings is 1. The van der Waals surface area contributed by atoms with Gasteiger partial charge in [-0.2, -0.15) is 0 Å². The molecule has 1 unspecified atom stereocenters. The minimum atomic E-state index is -0.730. The number of fused-ring (bicyclic) bond motifs is 2. The molecule has 4 heterocycles. The molecular formula is C20H16F2N4O4S. The van der Waals surface area contributed by atoms with E-state index in [0.29, 0.717) is 24.6 Å². The third-order valence-corrected chi connectivity index (χ3v) is 6.28. The highest BCUT2D eigenvalue weighted by molar-refractivity contribution is 7.14. The van der Waals surface area contributed by atoms with Crippen molar-refractivity contribution in [3.05, 3.63) is 62.5 Å². The van der Waals surface area contributed by atoms with Gasteiger partial charge in [0.25, 0.3) is 5.91 Å². The van der Waals surface area contributed by atoms with Crippen LogP contribution in [0, 0.1) is 11.6 Å². The normalized spacial score (nSPS) is 18.1. The first-order chi connectivity index (χ1) is 14.9. The first-order valence-corrected chi connectivity index (χ1v) is 10.4. The molecule has 31 heavy (non-hydrogen) atoms. The zero-order valence-electron chi connectivity index (χ0n) is 16.0. The van der Waals surface area contributed by atoms with Gasteiger partial charge in [-0.1, -0.05) is 17.4 Å². The Hall–Kier alpha value is -3.18. The summed E-state index contributed by atoms with van der Waals surface area (Å²) >= 11 is 1.06. The summed E-state index contributed by atoms with van der Waals surface area (Å²) in [6.45, 7) is 1.30. The number of nitrogens with zero attached hydrogens (tertiary/aromatic N) is 4. The van der Waals surface area contributed by atoms with Gasteiger partial charge in [0.05, 0.1) is 18.7 Å². The van der Waals surface area contributed by atoms with Gasteiger partial charge in [0, 0.05) is 25.2 Å². The molecular weight excluding hydrogens is 430 g/mol. The number of aromatic hydroxyl groups is 1. The van der Waals surface area contributed by atoms with Gasteiger partial charge in [-0.15, -0.1) is 10.2 Å². The zero-order chi connectivity index (χ0) is 21.7. The van der Waals surface area contributed by atoms with Gasteiger partial charge in [-0.25, -0.2) is 8.78 Å². The second-order valence-electron chi connectivity index (χ2n) is 7.31. The number of hydrogen-bond donors (Lipinski definition) is 1. The lowest BCUT2D eigenvalue weighted by Crippen LogP contribution is -2.53. The number of rotatable bonds is 3. The van der Waals surface area contributed by atoms with Crippen molar-refractivity contribution in [2.45, 2.75) is 25.6 Å². The number of ether oxygens (including phenoxy) is 1. The maximum atomic E-state index is 13.9. The summed E-state index contributed by atoms with van der Waals surface area (Å²) in [5.74, 6) is -2.47. The Balaban J connectivity index is 1.50. The Bertz CT molecular complexity index is 1260. The Kier molecular flexibility index (Phi) is 4.78. The van der Waals surface area contributed by atoms with E-state index in [1.165, 1.54) is 21.7 Å². The third kappa shape index (κ3) is 3.39. The topological polar surface area (TPSA) is 97.5 Å². The van der Waals surface area contributed by atoms with Crippen LogP contribution in [-0.4, -0.2) is 50.1 Å². The third-order valence-electron chi connectivity index (χ3n) is 5.33. The average Bonchev–Trinajstić information content (AvgIpc) is 3.21. The Morgan fingerprint density at radius 1 is 1.26 bits per heavy atom. The minimum Gasteiger partial charge on any atom is -0.503 e. The predicted octanol–water partition coefficient (Wildman–Crippen LogP) is 2.14. The summed E-state index contributed by atoms with van der Waals surface area (Å²) in [6, 6.07) is 3.27. The maximum Gasteiger partial charge on any atom is 0.276 e. The average molecular weight is 446 g/mol. The van der Waals surface area contributed by atoms with Crippen LogP contribution < -0.4 is 5.43 Å². The van der Waals surface area contributed by atoms with E-state index in [-0.39, 0.29) is 34.8 Å². The quantitative estimate of drug-likeness (QED) is 0.662. The molecule has 160 valence electrons. The molecule has 8 nitrogen and oxygen atoms in total. The van der Waals surface area contributed by atoms with Crippen LogP contribution in [0.4, 0.5) is 8.78 Å². The molecule has 1 amide bonds. The number of halogens is 2. The number of hydrogen-bond acceptors (Lipinski definition) is 7. The van der Waals surface area contributed by atoms with Crippen LogP contribution >= 0.6 is 11.3 Å². The second-order valence-corrected chi connectivity index (χ2v) is 8.37. The highest BCUT2D eigenvalue weighted by atomic mass is 32.1. The maximum absolute atomic E-state index is 13.9. The number of aromatic nitrogens is 3. The molecule has 3 aromatic rings. The Morgan fingerprint density at radius 2 is 2.10 bits per heavy atom. The van der Waals surface area contributed by atoms with E-state index < -0.39 is 34.9 Å². The highest BCUT2D eigenvalue weighted by Gasteiger charge is 2.37. The molecule has 1 saturated heterocycles. The fraction of sp³-hybridized carbons (Fsp3) is 0.300. The molecule has 0 spiro atoms. The fourth-order valence-corrected chi connectivity index (χ4v) is 4.68. The molecule has 1 N–H and O–H groups in total. The second kappa shape index (κ2) is 7.50. The van der Waals surface area contributed by atoms with Crippen LogP contribution in [0.2, 0.25) is 0 Å². The van der Waals surface area contributed by atoms with Crippen LogP contribution in [0.5, 0.6) is 5.75 Å². The first-order valence-electron chi connectivity index (χ1n) is 9.58. The Labute approximate surface area is 178 Å². The van der Waals surface area contributed by atoms with E-state index in [1.54, 1.807) is 0 Å². The molecule has 2 aromatic heterocycles. The lowest BCUT2D eigenvalue weighted by atomic mass is 10.1. The van der Waals surface area contributed by atoms with Crippen LogP contribution in [-0.2, 0) is 17.7 Å². The standard InChI is InChI=1S/C20H16F2N4O4S/c21-11-3-2-10(13(22)7-11)6-14-23-24-19(31-14)12-8-25-9-15-26(4-1-5-30-15)20(29)16(25)18(28)17(12)27/h2-3,7-8,15,28H,1,4-6,9H2. The largest absolute Gasteiger partial charge is 0.503 e. The molecule has 0 saturated carbocycles. The van der Waals surface area contributed by atoms with Gasteiger partial charge in [-0.3, -0.25) is 9.59 Å². The lowest BCUT2D eigenvalue weighted by Gasteiger charge is -2.40. The lowest BCUT2D eigenvalue weighted by molar-refractivity contribution is -0.0919. The van der Waals surface area contributed by atoms with Crippen molar-refractivity contribution in [1.29, 1.82) is 0 Å². The Morgan fingerprint density at radius 3 is 2.90 bits per heavy atom. The van der Waals surface area contributed by atoms with Crippen molar-refractivity contribution in [2.24, 2.45) is 0 Å². The summed E-state index contributed by atoms with van der Waals surface area (Å²) in [4.78, 5) is 27.1. The van der Waals surface area contributed by atoms with Gasteiger partial charge in [0.15, 0.2) is 22.7 Å². The van der Waals surface area contributed by atoms with Gasteiger partial charge >= 0.3 is 0 Å². The smallest absolute Gasteiger partial charge is 0.276 e. The van der Waals surface area contributed by atoms with Gasteiger partial charge in [-0.05, 0) is 18.1 Å².